The molecule has 1 amide bonds. The second kappa shape index (κ2) is 13.7. The number of amides is 1. The molecule has 5 aromatic rings. The lowest BCUT2D eigenvalue weighted by Gasteiger charge is -2.22. The number of aliphatic carboxylic acids is 1. The molecule has 6 rings (SSSR count). The Bertz CT molecular complexity index is 1990. The molecular weight excluding hydrogens is 666 g/mol. The van der Waals surface area contributed by atoms with E-state index in [4.69, 9.17) is 33.1 Å². The van der Waals surface area contributed by atoms with E-state index >= 15 is 0 Å². The number of fused-ring (bicyclic) bond motifs is 4. The fraction of sp³-hybridized carbons (Fsp3) is 0.241. The first kappa shape index (κ1) is 33.3. The van der Waals surface area contributed by atoms with Crippen LogP contribution >= 0.6 is 23.2 Å². The summed E-state index contributed by atoms with van der Waals surface area (Å²) in [4.78, 5) is 44.6. The van der Waals surface area contributed by atoms with Gasteiger partial charge in [-0.25, -0.2) is 14.5 Å². The Hall–Kier alpha value is -5.09. The Morgan fingerprint density at radius 3 is 2.53 bits per heavy atom. The maximum atomic E-state index is 13.6. The van der Waals surface area contributed by atoms with Gasteiger partial charge in [-0.15, -0.1) is 5.10 Å². The number of nitrogens with zero attached hydrogens (tertiary/aromatic N) is 7. The van der Waals surface area contributed by atoms with E-state index in [2.05, 4.69) is 35.8 Å². The highest BCUT2D eigenvalue weighted by Crippen LogP contribution is 2.32. The van der Waals surface area contributed by atoms with Crippen LogP contribution in [-0.4, -0.2) is 62.9 Å². The number of halogens is 5. The first-order valence-electron chi connectivity index (χ1n) is 13.9. The molecule has 0 aliphatic carbocycles. The molecule has 2 bridgehead atoms. The number of pyridine rings is 1. The van der Waals surface area contributed by atoms with E-state index in [1.54, 1.807) is 41.4 Å². The van der Waals surface area contributed by atoms with Crippen molar-refractivity contribution in [2.75, 3.05) is 5.32 Å². The SMILES string of the molecule is C[C@@H]1CCC[C@H](n2cnc(-c3cc(Cl)ccc3-n3cc(Cl)nn3)cc2=O)c2cc(ccn2)-c2[nH]ncc2NC1=O.O=C(O)C(F)(F)F. The first-order valence-corrected chi connectivity index (χ1v) is 14.6. The van der Waals surface area contributed by atoms with Gasteiger partial charge >= 0.3 is 12.1 Å². The van der Waals surface area contributed by atoms with Crippen molar-refractivity contribution in [3.05, 3.63) is 87.5 Å². The van der Waals surface area contributed by atoms with Gasteiger partial charge in [0.25, 0.3) is 5.56 Å². The van der Waals surface area contributed by atoms with Crippen molar-refractivity contribution in [2.24, 2.45) is 5.92 Å². The molecule has 13 nitrogen and oxygen atoms in total. The van der Waals surface area contributed by atoms with Crippen molar-refractivity contribution in [1.29, 1.82) is 0 Å². The van der Waals surface area contributed by atoms with Gasteiger partial charge in [-0.2, -0.15) is 18.3 Å². The topological polar surface area (TPSA) is 174 Å². The van der Waals surface area contributed by atoms with E-state index in [0.29, 0.717) is 58.3 Å². The molecule has 47 heavy (non-hydrogen) atoms. The molecule has 1 aliphatic rings. The quantitative estimate of drug-likeness (QED) is 0.219. The molecule has 0 saturated carbocycles. The zero-order chi connectivity index (χ0) is 33.9. The number of carboxylic acid groups (broad SMARTS) is 1. The van der Waals surface area contributed by atoms with Crippen LogP contribution in [0.2, 0.25) is 10.2 Å². The fourth-order valence-electron chi connectivity index (χ4n) is 4.89. The van der Waals surface area contributed by atoms with Crippen molar-refractivity contribution >= 4 is 40.8 Å². The largest absolute Gasteiger partial charge is 0.490 e. The number of hydrogen-bond donors (Lipinski definition) is 3. The van der Waals surface area contributed by atoms with Crippen LogP contribution in [0.15, 0.2) is 66.1 Å². The Morgan fingerprint density at radius 2 is 1.85 bits per heavy atom. The lowest BCUT2D eigenvalue weighted by molar-refractivity contribution is -0.192. The van der Waals surface area contributed by atoms with Crippen LogP contribution in [0.5, 0.6) is 0 Å². The molecule has 2 atom stereocenters. The highest BCUT2D eigenvalue weighted by atomic mass is 35.5. The van der Waals surface area contributed by atoms with Crippen LogP contribution < -0.4 is 10.9 Å². The van der Waals surface area contributed by atoms with Crippen LogP contribution in [0.1, 0.15) is 37.9 Å². The number of aromatic nitrogens is 8. The van der Waals surface area contributed by atoms with Gasteiger partial charge in [0.1, 0.15) is 0 Å². The van der Waals surface area contributed by atoms with Gasteiger partial charge in [-0.3, -0.25) is 24.2 Å². The summed E-state index contributed by atoms with van der Waals surface area (Å²) in [6.45, 7) is 1.89. The molecule has 4 aromatic heterocycles. The number of H-pyrrole nitrogens is 1. The molecule has 0 unspecified atom stereocenters. The van der Waals surface area contributed by atoms with Crippen molar-refractivity contribution in [3.8, 4) is 28.2 Å². The van der Waals surface area contributed by atoms with E-state index < -0.39 is 18.2 Å². The van der Waals surface area contributed by atoms with Crippen LogP contribution in [0.4, 0.5) is 18.9 Å². The van der Waals surface area contributed by atoms with E-state index in [9.17, 15) is 22.8 Å². The Morgan fingerprint density at radius 1 is 1.09 bits per heavy atom. The number of carboxylic acids is 1. The number of carbonyl (C=O) groups excluding carboxylic acids is 1. The zero-order valence-corrected chi connectivity index (χ0v) is 25.8. The highest BCUT2D eigenvalue weighted by molar-refractivity contribution is 6.31. The molecule has 0 spiro atoms. The summed E-state index contributed by atoms with van der Waals surface area (Å²) < 4.78 is 34.8. The number of nitrogens with one attached hydrogen (secondary N) is 2. The van der Waals surface area contributed by atoms with Crippen molar-refractivity contribution in [1.82, 2.24) is 39.7 Å². The molecular formula is C29H24Cl2F3N9O4. The standard InChI is InChI=1S/C27H23Cl2N9O2.C2HF3O2/c1-15-3-2-4-23(20-9-16(7-8-30-20)26-21(12-32-35-26)33-27(15)40)37-14-31-19(11-25(37)39)18-10-17(28)5-6-22(18)38-13-24(29)34-36-38;3-2(4,5)1(6)7/h5-15,23H,2-4H2,1H3,(H,32,35)(H,33,40);(H,6,7)/t15-,23+;/m1./s1. The zero-order valence-electron chi connectivity index (χ0n) is 24.2. The number of rotatable bonds is 3. The van der Waals surface area contributed by atoms with E-state index in [1.807, 2.05) is 19.1 Å². The maximum Gasteiger partial charge on any atom is 0.490 e. The summed E-state index contributed by atoms with van der Waals surface area (Å²) >= 11 is 12.3. The second-order valence-electron chi connectivity index (χ2n) is 10.4. The van der Waals surface area contributed by atoms with Crippen molar-refractivity contribution < 1.29 is 27.9 Å². The first-order chi connectivity index (χ1) is 22.3. The third-order valence-electron chi connectivity index (χ3n) is 7.23. The lowest BCUT2D eigenvalue weighted by Crippen LogP contribution is -2.27. The molecule has 0 radical (unpaired) electrons. The van der Waals surface area contributed by atoms with E-state index in [1.165, 1.54) is 17.1 Å². The number of benzene rings is 1. The number of anilines is 1. The predicted octanol–water partition coefficient (Wildman–Crippen LogP) is 5.56. The van der Waals surface area contributed by atoms with Gasteiger partial charge in [0.05, 0.1) is 53.2 Å². The van der Waals surface area contributed by atoms with Crippen LogP contribution in [0.3, 0.4) is 0 Å². The van der Waals surface area contributed by atoms with Gasteiger partial charge in [0, 0.05) is 34.3 Å². The number of carbonyl (C=O) groups is 2. The summed E-state index contributed by atoms with van der Waals surface area (Å²) in [7, 11) is 0. The van der Waals surface area contributed by atoms with Gasteiger partial charge in [-0.05, 0) is 43.2 Å². The third-order valence-corrected chi connectivity index (χ3v) is 7.64. The smallest absolute Gasteiger partial charge is 0.475 e. The van der Waals surface area contributed by atoms with Gasteiger partial charge < -0.3 is 10.4 Å². The molecule has 5 heterocycles. The molecule has 3 N–H and O–H groups in total. The minimum Gasteiger partial charge on any atom is -0.475 e. The number of aromatic amines is 1. The van der Waals surface area contributed by atoms with Gasteiger partial charge in [-0.1, -0.05) is 41.8 Å². The number of alkyl halides is 3. The fourth-order valence-corrected chi connectivity index (χ4v) is 5.19. The van der Waals surface area contributed by atoms with Gasteiger partial charge in [0.2, 0.25) is 5.91 Å². The van der Waals surface area contributed by atoms with Gasteiger partial charge in [0.15, 0.2) is 5.15 Å². The molecule has 0 saturated heterocycles. The van der Waals surface area contributed by atoms with Crippen molar-refractivity contribution in [3.63, 3.8) is 0 Å². The van der Waals surface area contributed by atoms with Crippen LogP contribution in [0.25, 0.3) is 28.2 Å². The van der Waals surface area contributed by atoms with Crippen molar-refractivity contribution in [2.45, 2.75) is 38.4 Å². The van der Waals surface area contributed by atoms with Crippen LogP contribution in [-0.2, 0) is 9.59 Å². The summed E-state index contributed by atoms with van der Waals surface area (Å²) in [5, 5.41) is 25.8. The lowest BCUT2D eigenvalue weighted by atomic mass is 9.97. The Balaban J connectivity index is 0.000000559. The normalized spacial score (nSPS) is 16.5. The minimum absolute atomic E-state index is 0.0803. The average molecular weight is 690 g/mol. The monoisotopic (exact) mass is 689 g/mol. The average Bonchev–Trinajstić information content (AvgIpc) is 3.67. The Kier molecular flexibility index (Phi) is 9.72. The maximum absolute atomic E-state index is 13.6. The summed E-state index contributed by atoms with van der Waals surface area (Å²) in [5.41, 5.74) is 4.16. The molecule has 0 fully saturated rings. The number of hydrogen-bond acceptors (Lipinski definition) is 8. The van der Waals surface area contributed by atoms with E-state index in [-0.39, 0.29) is 22.5 Å². The van der Waals surface area contributed by atoms with Crippen LogP contribution in [0, 0.1) is 5.92 Å². The molecule has 1 aromatic carbocycles. The summed E-state index contributed by atoms with van der Waals surface area (Å²) in [6, 6.07) is 10.0. The molecule has 244 valence electrons. The summed E-state index contributed by atoms with van der Waals surface area (Å²) in [6.07, 6.45) is 3.21. The summed E-state index contributed by atoms with van der Waals surface area (Å²) in [5.74, 6) is -3.06. The second-order valence-corrected chi connectivity index (χ2v) is 11.3. The highest BCUT2D eigenvalue weighted by Gasteiger charge is 2.38. The third kappa shape index (κ3) is 7.66. The predicted molar refractivity (Wildman–Crippen MR) is 164 cm³/mol. The Labute approximate surface area is 273 Å². The molecule has 1 aliphatic heterocycles. The molecule has 18 heteroatoms. The minimum atomic E-state index is -5.08. The van der Waals surface area contributed by atoms with E-state index in [0.717, 1.165) is 5.56 Å².